The molecule has 78 valence electrons. The van der Waals surface area contributed by atoms with Gasteiger partial charge in [-0.05, 0) is 24.2 Å². The lowest BCUT2D eigenvalue weighted by molar-refractivity contribution is 0.289. The van der Waals surface area contributed by atoms with Crippen LogP contribution >= 0.6 is 11.8 Å². The van der Waals surface area contributed by atoms with E-state index in [1.807, 2.05) is 17.8 Å². The maximum Gasteiger partial charge on any atom is 0.0441 e. The first-order chi connectivity index (χ1) is 6.83. The highest BCUT2D eigenvalue weighted by molar-refractivity contribution is 7.99. The summed E-state index contributed by atoms with van der Waals surface area (Å²) in [6.07, 6.45) is 2.03. The summed E-state index contributed by atoms with van der Waals surface area (Å²) in [4.78, 5) is 0. The Morgan fingerprint density at radius 3 is 2.64 bits per heavy atom. The van der Waals surface area contributed by atoms with Crippen molar-refractivity contribution in [2.24, 2.45) is 0 Å². The van der Waals surface area contributed by atoms with Gasteiger partial charge in [0.1, 0.15) is 0 Å². The molecule has 0 bridgehead atoms. The highest BCUT2D eigenvalue weighted by atomic mass is 32.2. The lowest BCUT2D eigenvalue weighted by Gasteiger charge is -2.08. The van der Waals surface area contributed by atoms with Gasteiger partial charge < -0.3 is 5.11 Å². The van der Waals surface area contributed by atoms with Gasteiger partial charge in [0.25, 0.3) is 0 Å². The maximum absolute atomic E-state index is 8.74. The molecule has 0 radical (unpaired) electrons. The molecule has 1 aromatic rings. The molecule has 0 amide bonds. The smallest absolute Gasteiger partial charge is 0.0441 e. The van der Waals surface area contributed by atoms with Gasteiger partial charge in [-0.15, -0.1) is 0 Å². The van der Waals surface area contributed by atoms with Gasteiger partial charge >= 0.3 is 0 Å². The van der Waals surface area contributed by atoms with E-state index >= 15 is 0 Å². The summed E-state index contributed by atoms with van der Waals surface area (Å²) in [5, 5.41) is 9.31. The lowest BCUT2D eigenvalue weighted by Crippen LogP contribution is -2.01. The van der Waals surface area contributed by atoms with E-state index in [0.717, 1.165) is 18.6 Å². The summed E-state index contributed by atoms with van der Waals surface area (Å²) in [7, 11) is 0. The Morgan fingerprint density at radius 2 is 2.00 bits per heavy atom. The minimum atomic E-state index is 0.305. The van der Waals surface area contributed by atoms with E-state index in [4.69, 9.17) is 5.11 Å². The number of benzene rings is 1. The van der Waals surface area contributed by atoms with Gasteiger partial charge in [0, 0.05) is 11.9 Å². The SMILES string of the molecule is CC(CCO)SCCc1ccccc1. The molecule has 0 fully saturated rings. The van der Waals surface area contributed by atoms with Crippen molar-refractivity contribution in [1.82, 2.24) is 0 Å². The van der Waals surface area contributed by atoms with E-state index in [-0.39, 0.29) is 0 Å². The fourth-order valence-electron chi connectivity index (χ4n) is 1.29. The van der Waals surface area contributed by atoms with Crippen molar-refractivity contribution in [1.29, 1.82) is 0 Å². The number of thioether (sulfide) groups is 1. The van der Waals surface area contributed by atoms with Crippen molar-refractivity contribution in [2.45, 2.75) is 25.0 Å². The van der Waals surface area contributed by atoms with Crippen molar-refractivity contribution in [3.8, 4) is 0 Å². The molecule has 1 N–H and O–H groups in total. The standard InChI is InChI=1S/C12H18OS/c1-11(7-9-13)14-10-8-12-5-3-2-4-6-12/h2-6,11,13H,7-10H2,1H3. The zero-order valence-corrected chi connectivity index (χ0v) is 9.46. The molecule has 1 aromatic carbocycles. The molecule has 0 aromatic heterocycles. The quantitative estimate of drug-likeness (QED) is 0.779. The van der Waals surface area contributed by atoms with E-state index in [1.165, 1.54) is 5.56 Å². The zero-order chi connectivity index (χ0) is 10.2. The monoisotopic (exact) mass is 210 g/mol. The van der Waals surface area contributed by atoms with Crippen LogP contribution in [-0.4, -0.2) is 22.7 Å². The Hall–Kier alpha value is -0.470. The fourth-order valence-corrected chi connectivity index (χ4v) is 2.32. The second-order valence-corrected chi connectivity index (χ2v) is 4.98. The van der Waals surface area contributed by atoms with Crippen LogP contribution in [0.3, 0.4) is 0 Å². The summed E-state index contributed by atoms with van der Waals surface area (Å²) < 4.78 is 0. The average Bonchev–Trinajstić information content (AvgIpc) is 2.20. The number of hydrogen-bond acceptors (Lipinski definition) is 2. The first-order valence-electron chi connectivity index (χ1n) is 5.09. The third kappa shape index (κ3) is 4.68. The van der Waals surface area contributed by atoms with Crippen molar-refractivity contribution in [2.75, 3.05) is 12.4 Å². The molecule has 14 heavy (non-hydrogen) atoms. The Kier molecular flexibility index (Phi) is 5.72. The third-order valence-electron chi connectivity index (χ3n) is 2.17. The Morgan fingerprint density at radius 1 is 1.29 bits per heavy atom. The summed E-state index contributed by atoms with van der Waals surface area (Å²) in [6, 6.07) is 10.5. The molecule has 0 saturated carbocycles. The summed E-state index contributed by atoms with van der Waals surface area (Å²) >= 11 is 1.94. The van der Waals surface area contributed by atoms with Crippen molar-refractivity contribution < 1.29 is 5.11 Å². The topological polar surface area (TPSA) is 20.2 Å². The van der Waals surface area contributed by atoms with Crippen LogP contribution in [0.2, 0.25) is 0 Å². The predicted molar refractivity (Wildman–Crippen MR) is 63.8 cm³/mol. The second kappa shape index (κ2) is 6.91. The van der Waals surface area contributed by atoms with Crippen LogP contribution < -0.4 is 0 Å². The van der Waals surface area contributed by atoms with Gasteiger partial charge in [0.05, 0.1) is 0 Å². The van der Waals surface area contributed by atoms with Crippen LogP contribution in [0.1, 0.15) is 18.9 Å². The zero-order valence-electron chi connectivity index (χ0n) is 8.65. The van der Waals surface area contributed by atoms with E-state index in [0.29, 0.717) is 11.9 Å². The Bertz CT molecular complexity index is 235. The molecule has 0 aliphatic carbocycles. The molecule has 0 aliphatic heterocycles. The van der Waals surface area contributed by atoms with Gasteiger partial charge in [0.15, 0.2) is 0 Å². The van der Waals surface area contributed by atoms with E-state index in [2.05, 4.69) is 31.2 Å². The van der Waals surface area contributed by atoms with Crippen LogP contribution in [0.25, 0.3) is 0 Å². The van der Waals surface area contributed by atoms with Crippen molar-refractivity contribution in [3.63, 3.8) is 0 Å². The first kappa shape index (κ1) is 11.6. The van der Waals surface area contributed by atoms with Crippen LogP contribution in [0, 0.1) is 0 Å². The van der Waals surface area contributed by atoms with E-state index in [9.17, 15) is 0 Å². The maximum atomic E-state index is 8.74. The van der Waals surface area contributed by atoms with E-state index < -0.39 is 0 Å². The average molecular weight is 210 g/mol. The minimum absolute atomic E-state index is 0.305. The number of aryl methyl sites for hydroxylation is 1. The van der Waals surface area contributed by atoms with Gasteiger partial charge in [-0.25, -0.2) is 0 Å². The highest BCUT2D eigenvalue weighted by Gasteiger charge is 2.01. The molecule has 0 aliphatic rings. The number of hydrogen-bond donors (Lipinski definition) is 1. The van der Waals surface area contributed by atoms with E-state index in [1.54, 1.807) is 0 Å². The van der Waals surface area contributed by atoms with Crippen molar-refractivity contribution >= 4 is 11.8 Å². The molecule has 1 unspecified atom stereocenters. The summed E-state index contributed by atoms with van der Waals surface area (Å²) in [5.41, 5.74) is 1.40. The molecular formula is C12H18OS. The predicted octanol–water partition coefficient (Wildman–Crippen LogP) is 2.73. The number of rotatable bonds is 6. The van der Waals surface area contributed by atoms with Gasteiger partial charge in [-0.1, -0.05) is 37.3 Å². The molecule has 1 rings (SSSR count). The molecule has 0 saturated heterocycles. The van der Waals surface area contributed by atoms with Crippen LogP contribution in [0.4, 0.5) is 0 Å². The summed E-state index contributed by atoms with van der Waals surface area (Å²) in [5.74, 6) is 1.14. The molecule has 2 heteroatoms. The number of aliphatic hydroxyl groups excluding tert-OH is 1. The van der Waals surface area contributed by atoms with Crippen molar-refractivity contribution in [3.05, 3.63) is 35.9 Å². The normalized spacial score (nSPS) is 12.7. The van der Waals surface area contributed by atoms with Crippen LogP contribution in [0.5, 0.6) is 0 Å². The second-order valence-electron chi connectivity index (χ2n) is 3.43. The van der Waals surface area contributed by atoms with Gasteiger partial charge in [0.2, 0.25) is 0 Å². The fraction of sp³-hybridized carbons (Fsp3) is 0.500. The lowest BCUT2D eigenvalue weighted by atomic mass is 10.2. The largest absolute Gasteiger partial charge is 0.396 e. The molecule has 1 atom stereocenters. The third-order valence-corrected chi connectivity index (χ3v) is 3.42. The van der Waals surface area contributed by atoms with Crippen LogP contribution in [0.15, 0.2) is 30.3 Å². The van der Waals surface area contributed by atoms with Gasteiger partial charge in [-0.2, -0.15) is 11.8 Å². The highest BCUT2D eigenvalue weighted by Crippen LogP contribution is 2.15. The molecule has 0 heterocycles. The Labute approximate surface area is 90.5 Å². The molecular weight excluding hydrogens is 192 g/mol. The summed E-state index contributed by atoms with van der Waals surface area (Å²) in [6.45, 7) is 2.48. The first-order valence-corrected chi connectivity index (χ1v) is 6.14. The van der Waals surface area contributed by atoms with Crippen LogP contribution in [-0.2, 0) is 6.42 Å². The molecule has 1 nitrogen and oxygen atoms in total. The Balaban J connectivity index is 2.16. The van der Waals surface area contributed by atoms with Gasteiger partial charge in [-0.3, -0.25) is 0 Å². The molecule has 0 spiro atoms. The number of aliphatic hydroxyl groups is 1. The minimum Gasteiger partial charge on any atom is -0.396 e.